The van der Waals surface area contributed by atoms with Crippen LogP contribution in [0, 0.1) is 0 Å². The maximum absolute atomic E-state index is 10.9. The predicted octanol–water partition coefficient (Wildman–Crippen LogP) is 2.71. The molecule has 0 saturated carbocycles. The molecule has 0 aliphatic heterocycles. The molecule has 0 aliphatic carbocycles. The van der Waals surface area contributed by atoms with Gasteiger partial charge >= 0.3 is 0 Å². The summed E-state index contributed by atoms with van der Waals surface area (Å²) in [5.74, 6) is 0.956. The first-order chi connectivity index (χ1) is 13.5. The molecule has 0 aromatic heterocycles. The second-order valence-electron chi connectivity index (χ2n) is 6.60. The molecule has 6 nitrogen and oxygen atoms in total. The lowest BCUT2D eigenvalue weighted by molar-refractivity contribution is -0.119. The lowest BCUT2D eigenvalue weighted by Gasteiger charge is -2.22. The van der Waals surface area contributed by atoms with Gasteiger partial charge in [-0.25, -0.2) is 4.99 Å². The van der Waals surface area contributed by atoms with E-state index in [9.17, 15) is 4.79 Å². The number of rotatable bonds is 9. The molecule has 0 radical (unpaired) electrons. The van der Waals surface area contributed by atoms with Crippen molar-refractivity contribution in [2.24, 2.45) is 10.7 Å². The summed E-state index contributed by atoms with van der Waals surface area (Å²) in [4.78, 5) is 17.7. The highest BCUT2D eigenvalue weighted by molar-refractivity contribution is 5.79. The van der Waals surface area contributed by atoms with Crippen LogP contribution in [0.25, 0.3) is 0 Å². The summed E-state index contributed by atoms with van der Waals surface area (Å²) in [7, 11) is 2.03. The van der Waals surface area contributed by atoms with Gasteiger partial charge in [-0.05, 0) is 42.2 Å². The van der Waals surface area contributed by atoms with Crippen molar-refractivity contribution in [3.8, 4) is 5.75 Å². The number of hydrogen-bond acceptors (Lipinski definition) is 3. The molecule has 2 aromatic carbocycles. The Balaban J connectivity index is 2.04. The predicted molar refractivity (Wildman–Crippen MR) is 113 cm³/mol. The molecule has 6 heteroatoms. The van der Waals surface area contributed by atoms with E-state index < -0.39 is 5.91 Å². The van der Waals surface area contributed by atoms with E-state index in [1.54, 1.807) is 6.07 Å². The van der Waals surface area contributed by atoms with Crippen LogP contribution >= 0.6 is 0 Å². The zero-order valence-electron chi connectivity index (χ0n) is 16.9. The van der Waals surface area contributed by atoms with Crippen LogP contribution in [-0.4, -0.2) is 37.0 Å². The van der Waals surface area contributed by atoms with Gasteiger partial charge in [-0.3, -0.25) is 4.79 Å². The highest BCUT2D eigenvalue weighted by Crippen LogP contribution is 2.14. The number of carbonyl (C=O) groups is 1. The minimum Gasteiger partial charge on any atom is -0.484 e. The number of aryl methyl sites for hydroxylation is 1. The summed E-state index contributed by atoms with van der Waals surface area (Å²) in [6, 6.07) is 16.2. The second-order valence-corrected chi connectivity index (χ2v) is 6.60. The van der Waals surface area contributed by atoms with Crippen LogP contribution in [0.4, 0.5) is 0 Å². The van der Waals surface area contributed by atoms with Crippen LogP contribution in [-0.2, 0) is 24.3 Å². The molecule has 0 spiro atoms. The number of primary amides is 1. The van der Waals surface area contributed by atoms with Crippen LogP contribution in [0.2, 0.25) is 0 Å². The number of hydrogen-bond donors (Lipinski definition) is 2. The van der Waals surface area contributed by atoms with Crippen LogP contribution in [0.3, 0.4) is 0 Å². The Morgan fingerprint density at radius 1 is 1.11 bits per heavy atom. The van der Waals surface area contributed by atoms with Gasteiger partial charge in [0.2, 0.25) is 0 Å². The summed E-state index contributed by atoms with van der Waals surface area (Å²) in [6.07, 6.45) is 1.04. The van der Waals surface area contributed by atoms with Gasteiger partial charge in [-0.2, -0.15) is 0 Å². The molecule has 2 aromatic rings. The Hall–Kier alpha value is -3.02. The maximum atomic E-state index is 10.9. The molecule has 0 atom stereocenters. The minimum atomic E-state index is -0.494. The standard InChI is InChI=1S/C22H30N4O2/c1-4-17-9-11-18(12-10-17)15-26(3)22(24-5-2)25-14-19-7-6-8-20(13-19)28-16-21(23)27/h6-13H,4-5,14-16H2,1-3H3,(H2,23,27)(H,24,25). The smallest absolute Gasteiger partial charge is 0.255 e. The topological polar surface area (TPSA) is 80.0 Å². The van der Waals surface area contributed by atoms with E-state index in [0.717, 1.165) is 31.0 Å². The van der Waals surface area contributed by atoms with Crippen LogP contribution in [0.1, 0.15) is 30.5 Å². The van der Waals surface area contributed by atoms with Crippen molar-refractivity contribution in [1.29, 1.82) is 0 Å². The monoisotopic (exact) mass is 382 g/mol. The molecule has 0 saturated heterocycles. The highest BCUT2D eigenvalue weighted by atomic mass is 16.5. The average molecular weight is 383 g/mol. The van der Waals surface area contributed by atoms with E-state index in [1.165, 1.54) is 11.1 Å². The molecular weight excluding hydrogens is 352 g/mol. The number of benzene rings is 2. The van der Waals surface area contributed by atoms with E-state index >= 15 is 0 Å². The third-order valence-electron chi connectivity index (χ3n) is 4.24. The maximum Gasteiger partial charge on any atom is 0.255 e. The normalized spacial score (nSPS) is 11.2. The Bertz CT molecular complexity index is 787. The van der Waals surface area contributed by atoms with Crippen molar-refractivity contribution in [3.05, 3.63) is 65.2 Å². The first-order valence-electron chi connectivity index (χ1n) is 9.59. The SMILES string of the molecule is CCNC(=NCc1cccc(OCC(N)=O)c1)N(C)Cc1ccc(CC)cc1. The zero-order chi connectivity index (χ0) is 20.4. The van der Waals surface area contributed by atoms with Gasteiger partial charge in [0.15, 0.2) is 12.6 Å². The van der Waals surface area contributed by atoms with Crippen molar-refractivity contribution >= 4 is 11.9 Å². The summed E-state index contributed by atoms with van der Waals surface area (Å²) >= 11 is 0. The molecule has 150 valence electrons. The van der Waals surface area contributed by atoms with Crippen molar-refractivity contribution in [1.82, 2.24) is 10.2 Å². The first-order valence-corrected chi connectivity index (χ1v) is 9.59. The van der Waals surface area contributed by atoms with Crippen molar-refractivity contribution < 1.29 is 9.53 Å². The highest BCUT2D eigenvalue weighted by Gasteiger charge is 2.07. The summed E-state index contributed by atoms with van der Waals surface area (Å²) in [6.45, 7) is 6.16. The van der Waals surface area contributed by atoms with E-state index in [4.69, 9.17) is 15.5 Å². The largest absolute Gasteiger partial charge is 0.484 e. The summed E-state index contributed by atoms with van der Waals surface area (Å²) < 4.78 is 5.36. The van der Waals surface area contributed by atoms with Gasteiger partial charge in [-0.15, -0.1) is 0 Å². The second kappa shape index (κ2) is 11.0. The van der Waals surface area contributed by atoms with E-state index in [1.807, 2.05) is 25.2 Å². The molecule has 3 N–H and O–H groups in total. The molecule has 0 bridgehead atoms. The number of nitrogens with two attached hydrogens (primary N) is 1. The minimum absolute atomic E-state index is 0.130. The number of nitrogens with one attached hydrogen (secondary N) is 1. The van der Waals surface area contributed by atoms with Crippen molar-refractivity contribution in [2.45, 2.75) is 33.4 Å². The van der Waals surface area contributed by atoms with Gasteiger partial charge in [0, 0.05) is 20.1 Å². The van der Waals surface area contributed by atoms with Crippen molar-refractivity contribution in [2.75, 3.05) is 20.2 Å². The van der Waals surface area contributed by atoms with Crippen LogP contribution in [0.5, 0.6) is 5.75 Å². The number of ether oxygens (including phenoxy) is 1. The van der Waals surface area contributed by atoms with Crippen molar-refractivity contribution in [3.63, 3.8) is 0 Å². The summed E-state index contributed by atoms with van der Waals surface area (Å²) in [5.41, 5.74) is 8.70. The van der Waals surface area contributed by atoms with Gasteiger partial charge in [-0.1, -0.05) is 43.3 Å². The molecule has 0 unspecified atom stereocenters. The first kappa shape index (κ1) is 21.3. The Morgan fingerprint density at radius 3 is 2.46 bits per heavy atom. The third kappa shape index (κ3) is 6.95. The fourth-order valence-corrected chi connectivity index (χ4v) is 2.75. The van der Waals surface area contributed by atoms with E-state index in [0.29, 0.717) is 12.3 Å². The molecule has 1 amide bonds. The summed E-state index contributed by atoms with van der Waals surface area (Å²) in [5, 5.41) is 3.33. The quantitative estimate of drug-likeness (QED) is 0.516. The van der Waals surface area contributed by atoms with Crippen LogP contribution in [0.15, 0.2) is 53.5 Å². The fraction of sp³-hybridized carbons (Fsp3) is 0.364. The third-order valence-corrected chi connectivity index (χ3v) is 4.24. The molecule has 2 rings (SSSR count). The van der Waals surface area contributed by atoms with Gasteiger partial charge < -0.3 is 20.7 Å². The van der Waals surface area contributed by atoms with Gasteiger partial charge in [0.05, 0.1) is 6.54 Å². The zero-order valence-corrected chi connectivity index (χ0v) is 16.9. The van der Waals surface area contributed by atoms with Crippen LogP contribution < -0.4 is 15.8 Å². The number of carbonyl (C=O) groups excluding carboxylic acids is 1. The molecule has 0 aliphatic rings. The fourth-order valence-electron chi connectivity index (χ4n) is 2.75. The molecular formula is C22H30N4O2. The Kier molecular flexibility index (Phi) is 8.34. The van der Waals surface area contributed by atoms with E-state index in [-0.39, 0.29) is 6.61 Å². The average Bonchev–Trinajstić information content (AvgIpc) is 2.70. The Labute approximate surface area is 167 Å². The lowest BCUT2D eigenvalue weighted by Crippen LogP contribution is -2.38. The number of guanidine groups is 1. The Morgan fingerprint density at radius 2 is 1.82 bits per heavy atom. The molecule has 28 heavy (non-hydrogen) atoms. The molecule has 0 heterocycles. The lowest BCUT2D eigenvalue weighted by atomic mass is 10.1. The number of nitrogens with zero attached hydrogens (tertiary/aromatic N) is 2. The number of aliphatic imine (C=N–C) groups is 1. The van der Waals surface area contributed by atoms with E-state index in [2.05, 4.69) is 48.3 Å². The molecule has 0 fully saturated rings. The van der Waals surface area contributed by atoms with Gasteiger partial charge in [0.25, 0.3) is 5.91 Å². The number of amides is 1. The van der Waals surface area contributed by atoms with Gasteiger partial charge in [0.1, 0.15) is 5.75 Å².